The number of rotatable bonds is 4. The molecule has 4 heteroatoms. The molecule has 0 radical (unpaired) electrons. The van der Waals surface area contributed by atoms with Gasteiger partial charge >= 0.3 is 5.97 Å². The maximum absolute atomic E-state index is 12.4. The Morgan fingerprint density at radius 2 is 1.65 bits per heavy atom. The molecule has 0 fully saturated rings. The number of nitrogens with zero attached hydrogens (tertiary/aromatic N) is 1. The molecule has 0 rings (SSSR count). The Balaban J connectivity index is 5.60. The van der Waals surface area contributed by atoms with Gasteiger partial charge in [0, 0.05) is 0 Å². The van der Waals surface area contributed by atoms with Gasteiger partial charge in [-0.3, -0.25) is 4.79 Å². The lowest BCUT2D eigenvalue weighted by atomic mass is 9.74. The van der Waals surface area contributed by atoms with Crippen LogP contribution in [0, 0.1) is 22.2 Å². The fourth-order valence-corrected chi connectivity index (χ4v) is 1.79. The quantitative estimate of drug-likeness (QED) is 0.584. The van der Waals surface area contributed by atoms with Crippen LogP contribution in [0.1, 0.15) is 54.9 Å². The first kappa shape index (κ1) is 18.4. The van der Waals surface area contributed by atoms with Gasteiger partial charge in [-0.15, -0.1) is 0 Å². The van der Waals surface area contributed by atoms with E-state index in [9.17, 15) is 14.9 Å². The molecule has 0 aliphatic rings. The zero-order chi connectivity index (χ0) is 16.2. The first-order valence-corrected chi connectivity index (χ1v) is 6.66. The number of esters is 1. The standard InChI is InChI=1S/C16H25NO3/c1-12(18)8-9-16(11-17,10-14(2,3)4)13(19)20-15(5,6)7/h8-9H,10H2,1-7H3/b9-8-/t16-/m0/s1. The van der Waals surface area contributed by atoms with Crippen LogP contribution in [0.15, 0.2) is 12.2 Å². The second-order valence-corrected chi connectivity index (χ2v) is 7.27. The number of carbonyl (C=O) groups excluding carboxylic acids is 2. The van der Waals surface area contributed by atoms with Gasteiger partial charge in [0.1, 0.15) is 5.60 Å². The number of hydrogen-bond acceptors (Lipinski definition) is 4. The van der Waals surface area contributed by atoms with Gasteiger partial charge in [-0.1, -0.05) is 20.8 Å². The summed E-state index contributed by atoms with van der Waals surface area (Å²) in [5.74, 6) is -0.818. The molecule has 4 nitrogen and oxygen atoms in total. The van der Waals surface area contributed by atoms with Crippen molar-refractivity contribution in [3.8, 4) is 6.07 Å². The van der Waals surface area contributed by atoms with E-state index in [-0.39, 0.29) is 17.6 Å². The van der Waals surface area contributed by atoms with E-state index in [0.29, 0.717) is 0 Å². The molecular weight excluding hydrogens is 254 g/mol. The van der Waals surface area contributed by atoms with Crippen molar-refractivity contribution >= 4 is 11.8 Å². The van der Waals surface area contributed by atoms with Crippen LogP contribution in [0.5, 0.6) is 0 Å². The number of allylic oxidation sites excluding steroid dienone is 1. The minimum Gasteiger partial charge on any atom is -0.459 e. The lowest BCUT2D eigenvalue weighted by Crippen LogP contribution is -2.38. The van der Waals surface area contributed by atoms with E-state index in [1.807, 2.05) is 26.8 Å². The van der Waals surface area contributed by atoms with Crippen LogP contribution in [0.2, 0.25) is 0 Å². The zero-order valence-electron chi connectivity index (χ0n) is 13.5. The summed E-state index contributed by atoms with van der Waals surface area (Å²) in [6, 6.07) is 2.04. The van der Waals surface area contributed by atoms with Gasteiger partial charge in [-0.2, -0.15) is 5.26 Å². The van der Waals surface area contributed by atoms with Gasteiger partial charge in [0.2, 0.25) is 0 Å². The van der Waals surface area contributed by atoms with E-state index in [1.54, 1.807) is 20.8 Å². The van der Waals surface area contributed by atoms with E-state index in [4.69, 9.17) is 4.74 Å². The Morgan fingerprint density at radius 1 is 1.15 bits per heavy atom. The van der Waals surface area contributed by atoms with Gasteiger partial charge < -0.3 is 4.74 Å². The Labute approximate surface area is 121 Å². The average molecular weight is 279 g/mol. The van der Waals surface area contributed by atoms with Crippen LogP contribution < -0.4 is 0 Å². The predicted octanol–water partition coefficient (Wildman–Crippen LogP) is 3.42. The minimum absolute atomic E-state index is 0.206. The molecule has 0 amide bonds. The third-order valence-electron chi connectivity index (χ3n) is 2.37. The molecule has 0 aromatic rings. The molecule has 112 valence electrons. The normalized spacial score (nSPS) is 15.5. The fraction of sp³-hybridized carbons (Fsp3) is 0.688. The van der Waals surface area contributed by atoms with Crippen LogP contribution in [0.4, 0.5) is 0 Å². The smallest absolute Gasteiger partial charge is 0.331 e. The summed E-state index contributed by atoms with van der Waals surface area (Å²) in [5, 5.41) is 9.51. The van der Waals surface area contributed by atoms with Crippen molar-refractivity contribution in [2.75, 3.05) is 0 Å². The van der Waals surface area contributed by atoms with Gasteiger partial charge in [0.25, 0.3) is 0 Å². The van der Waals surface area contributed by atoms with Crippen molar-refractivity contribution in [1.29, 1.82) is 5.26 Å². The maximum atomic E-state index is 12.4. The molecule has 0 spiro atoms. The van der Waals surface area contributed by atoms with E-state index in [1.165, 1.54) is 19.1 Å². The van der Waals surface area contributed by atoms with Crippen LogP contribution in [-0.2, 0) is 14.3 Å². The van der Waals surface area contributed by atoms with Gasteiger partial charge in [0.15, 0.2) is 11.2 Å². The summed E-state index contributed by atoms with van der Waals surface area (Å²) >= 11 is 0. The third-order valence-corrected chi connectivity index (χ3v) is 2.37. The SMILES string of the molecule is CC(=O)/C=C\[C@@](C#N)(CC(C)(C)C)C(=O)OC(C)(C)C. The molecule has 0 aliphatic carbocycles. The number of ether oxygens (including phenoxy) is 1. The predicted molar refractivity (Wildman–Crippen MR) is 77.8 cm³/mol. The number of carbonyl (C=O) groups is 2. The van der Waals surface area contributed by atoms with E-state index < -0.39 is 17.0 Å². The summed E-state index contributed by atoms with van der Waals surface area (Å²) in [6.07, 6.45) is 2.92. The Hall–Kier alpha value is -1.63. The second-order valence-electron chi connectivity index (χ2n) is 7.27. The highest BCUT2D eigenvalue weighted by Crippen LogP contribution is 2.37. The molecule has 0 saturated heterocycles. The van der Waals surface area contributed by atoms with Gasteiger partial charge in [-0.05, 0) is 51.7 Å². The lowest BCUT2D eigenvalue weighted by Gasteiger charge is -2.31. The van der Waals surface area contributed by atoms with Crippen LogP contribution in [0.3, 0.4) is 0 Å². The summed E-state index contributed by atoms with van der Waals surface area (Å²) < 4.78 is 5.35. The molecule has 0 unspecified atom stereocenters. The van der Waals surface area contributed by atoms with Crippen LogP contribution in [0.25, 0.3) is 0 Å². The number of hydrogen-bond donors (Lipinski definition) is 0. The van der Waals surface area contributed by atoms with Crippen molar-refractivity contribution in [3.63, 3.8) is 0 Å². The van der Waals surface area contributed by atoms with Crippen molar-refractivity contribution in [2.24, 2.45) is 10.8 Å². The van der Waals surface area contributed by atoms with Gasteiger partial charge in [0.05, 0.1) is 6.07 Å². The highest BCUT2D eigenvalue weighted by atomic mass is 16.6. The summed E-state index contributed by atoms with van der Waals surface area (Å²) in [6.45, 7) is 12.4. The van der Waals surface area contributed by atoms with Gasteiger partial charge in [-0.25, -0.2) is 4.79 Å². The van der Waals surface area contributed by atoms with E-state index >= 15 is 0 Å². The first-order valence-electron chi connectivity index (χ1n) is 6.66. The van der Waals surface area contributed by atoms with E-state index in [0.717, 1.165) is 0 Å². The Kier molecular flexibility index (Phi) is 5.71. The van der Waals surface area contributed by atoms with Crippen molar-refractivity contribution in [3.05, 3.63) is 12.2 Å². The molecule has 1 atom stereocenters. The number of ketones is 1. The molecule has 20 heavy (non-hydrogen) atoms. The zero-order valence-corrected chi connectivity index (χ0v) is 13.5. The van der Waals surface area contributed by atoms with Crippen LogP contribution in [-0.4, -0.2) is 17.4 Å². The van der Waals surface area contributed by atoms with Crippen molar-refractivity contribution in [1.82, 2.24) is 0 Å². The molecule has 0 heterocycles. The Morgan fingerprint density at radius 3 is 1.95 bits per heavy atom. The summed E-state index contributed by atoms with van der Waals surface area (Å²) in [4.78, 5) is 23.5. The van der Waals surface area contributed by atoms with Crippen molar-refractivity contribution < 1.29 is 14.3 Å². The second kappa shape index (κ2) is 6.21. The lowest BCUT2D eigenvalue weighted by molar-refractivity contribution is -0.163. The fourth-order valence-electron chi connectivity index (χ4n) is 1.79. The average Bonchev–Trinajstić information content (AvgIpc) is 2.19. The molecule has 0 aromatic carbocycles. The number of nitriles is 1. The maximum Gasteiger partial charge on any atom is 0.331 e. The molecule has 0 aliphatic heterocycles. The monoisotopic (exact) mass is 279 g/mol. The molecule has 0 bridgehead atoms. The Bertz CT molecular complexity index is 444. The highest BCUT2D eigenvalue weighted by Gasteiger charge is 2.43. The minimum atomic E-state index is -1.43. The highest BCUT2D eigenvalue weighted by molar-refractivity contribution is 5.90. The van der Waals surface area contributed by atoms with Crippen molar-refractivity contribution in [2.45, 2.75) is 60.5 Å². The summed E-state index contributed by atoms with van der Waals surface area (Å²) in [7, 11) is 0. The largest absolute Gasteiger partial charge is 0.459 e. The van der Waals surface area contributed by atoms with E-state index in [2.05, 4.69) is 0 Å². The molecular formula is C16H25NO3. The summed E-state index contributed by atoms with van der Waals surface area (Å²) in [5.41, 5.74) is -2.37. The molecule has 0 aromatic heterocycles. The van der Waals surface area contributed by atoms with Crippen LogP contribution >= 0.6 is 0 Å². The molecule has 0 saturated carbocycles. The third kappa shape index (κ3) is 6.51. The molecule has 0 N–H and O–H groups in total. The first-order chi connectivity index (χ1) is 8.81. The topological polar surface area (TPSA) is 67.2 Å².